The van der Waals surface area contributed by atoms with Crippen LogP contribution in [0.5, 0.6) is 0 Å². The number of carboxylic acid groups (broad SMARTS) is 1. The van der Waals surface area contributed by atoms with Crippen molar-refractivity contribution in [3.63, 3.8) is 0 Å². The number of aliphatic hydroxyl groups is 1. The van der Waals surface area contributed by atoms with Crippen LogP contribution in [-0.2, 0) is 11.3 Å². The Morgan fingerprint density at radius 2 is 2.22 bits per heavy atom. The maximum Gasteiger partial charge on any atom is 0.326 e. The number of hydrogen-bond acceptors (Lipinski definition) is 4. The third-order valence-electron chi connectivity index (χ3n) is 2.40. The molecule has 1 aromatic rings. The van der Waals surface area contributed by atoms with E-state index in [9.17, 15) is 9.59 Å². The van der Waals surface area contributed by atoms with Crippen LogP contribution >= 0.6 is 11.3 Å². The lowest BCUT2D eigenvalue weighted by Crippen LogP contribution is -2.46. The molecule has 0 unspecified atom stereocenters. The van der Waals surface area contributed by atoms with E-state index < -0.39 is 18.0 Å². The van der Waals surface area contributed by atoms with Gasteiger partial charge in [0, 0.05) is 17.9 Å². The van der Waals surface area contributed by atoms with E-state index in [1.54, 1.807) is 0 Å². The maximum atomic E-state index is 11.5. The Morgan fingerprint density at radius 3 is 2.72 bits per heavy atom. The quantitative estimate of drug-likeness (QED) is 0.612. The van der Waals surface area contributed by atoms with Crippen LogP contribution < -0.4 is 10.6 Å². The number of carbonyl (C=O) groups excluding carboxylic acids is 1. The molecule has 1 atom stereocenters. The number of rotatable bonds is 6. The molecule has 100 valence electrons. The summed E-state index contributed by atoms with van der Waals surface area (Å²) in [5.74, 6) is -1.16. The average molecular weight is 272 g/mol. The van der Waals surface area contributed by atoms with Gasteiger partial charge in [-0.15, -0.1) is 11.3 Å². The fourth-order valence-corrected chi connectivity index (χ4v) is 2.19. The SMILES string of the molecule is Cc1ccsc1CNC(=O)N[C@@H](CCO)C(=O)O. The Morgan fingerprint density at radius 1 is 1.50 bits per heavy atom. The van der Waals surface area contributed by atoms with Gasteiger partial charge in [0.25, 0.3) is 0 Å². The van der Waals surface area contributed by atoms with Crippen LogP contribution in [0, 0.1) is 6.92 Å². The number of nitrogens with one attached hydrogen (secondary N) is 2. The van der Waals surface area contributed by atoms with Crippen molar-refractivity contribution in [3.05, 3.63) is 21.9 Å². The van der Waals surface area contributed by atoms with Gasteiger partial charge in [0.1, 0.15) is 6.04 Å². The summed E-state index contributed by atoms with van der Waals surface area (Å²) in [4.78, 5) is 23.3. The van der Waals surface area contributed by atoms with Crippen LogP contribution in [0.3, 0.4) is 0 Å². The van der Waals surface area contributed by atoms with Crippen molar-refractivity contribution in [2.45, 2.75) is 25.9 Å². The highest BCUT2D eigenvalue weighted by atomic mass is 32.1. The molecule has 2 amide bonds. The Balaban J connectivity index is 2.41. The van der Waals surface area contributed by atoms with E-state index in [0.29, 0.717) is 6.54 Å². The standard InChI is InChI=1S/C11H16N2O4S/c1-7-3-5-18-9(7)6-12-11(17)13-8(2-4-14)10(15)16/h3,5,8,14H,2,4,6H2,1H3,(H,15,16)(H2,12,13,17)/t8-/m0/s1. The van der Waals surface area contributed by atoms with Gasteiger partial charge in [0.15, 0.2) is 0 Å². The molecule has 0 radical (unpaired) electrons. The van der Waals surface area contributed by atoms with Gasteiger partial charge < -0.3 is 20.8 Å². The van der Waals surface area contributed by atoms with E-state index in [-0.39, 0.29) is 13.0 Å². The molecule has 0 fully saturated rings. The molecule has 4 N–H and O–H groups in total. The van der Waals surface area contributed by atoms with Crippen LogP contribution in [0.4, 0.5) is 4.79 Å². The molecule has 0 saturated carbocycles. The van der Waals surface area contributed by atoms with Crippen molar-refractivity contribution in [2.24, 2.45) is 0 Å². The molecule has 0 saturated heterocycles. The van der Waals surface area contributed by atoms with Crippen molar-refractivity contribution in [1.82, 2.24) is 10.6 Å². The van der Waals surface area contributed by atoms with Crippen molar-refractivity contribution in [3.8, 4) is 0 Å². The molecule has 7 heteroatoms. The van der Waals surface area contributed by atoms with Gasteiger partial charge in [-0.3, -0.25) is 0 Å². The largest absolute Gasteiger partial charge is 0.480 e. The number of aliphatic hydroxyl groups excluding tert-OH is 1. The number of aryl methyl sites for hydroxylation is 1. The zero-order valence-corrected chi connectivity index (χ0v) is 10.8. The highest BCUT2D eigenvalue weighted by Gasteiger charge is 2.18. The Hall–Kier alpha value is -1.60. The second-order valence-corrected chi connectivity index (χ2v) is 4.76. The molecule has 6 nitrogen and oxygen atoms in total. The number of aliphatic carboxylic acids is 1. The third-order valence-corrected chi connectivity index (χ3v) is 3.42. The fourth-order valence-electron chi connectivity index (χ4n) is 1.34. The average Bonchev–Trinajstić information content (AvgIpc) is 2.71. The monoisotopic (exact) mass is 272 g/mol. The predicted octanol–water partition coefficient (Wildman–Crippen LogP) is 0.691. The van der Waals surface area contributed by atoms with Crippen molar-refractivity contribution >= 4 is 23.3 Å². The van der Waals surface area contributed by atoms with Gasteiger partial charge in [-0.05, 0) is 23.9 Å². The zero-order valence-electron chi connectivity index (χ0n) is 9.97. The third kappa shape index (κ3) is 4.34. The lowest BCUT2D eigenvalue weighted by atomic mass is 10.2. The van der Waals surface area contributed by atoms with Gasteiger partial charge in [-0.1, -0.05) is 0 Å². The zero-order chi connectivity index (χ0) is 13.5. The number of carbonyl (C=O) groups is 2. The van der Waals surface area contributed by atoms with Crippen molar-refractivity contribution in [2.75, 3.05) is 6.61 Å². The first-order valence-corrected chi connectivity index (χ1v) is 6.33. The highest BCUT2D eigenvalue weighted by Crippen LogP contribution is 2.14. The summed E-state index contributed by atoms with van der Waals surface area (Å²) in [6.07, 6.45) is -0.0131. The van der Waals surface area contributed by atoms with Gasteiger partial charge in [-0.2, -0.15) is 0 Å². The molecule has 0 aliphatic rings. The molecule has 0 bridgehead atoms. The lowest BCUT2D eigenvalue weighted by Gasteiger charge is -2.13. The molecule has 1 heterocycles. The molecular weight excluding hydrogens is 256 g/mol. The van der Waals surface area contributed by atoms with E-state index in [4.69, 9.17) is 10.2 Å². The van der Waals surface area contributed by atoms with Crippen LogP contribution in [0.15, 0.2) is 11.4 Å². The number of amides is 2. The second kappa shape index (κ2) is 6.97. The topological polar surface area (TPSA) is 98.7 Å². The molecule has 0 aromatic carbocycles. The first-order valence-electron chi connectivity index (χ1n) is 5.45. The van der Waals surface area contributed by atoms with E-state index in [1.165, 1.54) is 11.3 Å². The summed E-state index contributed by atoms with van der Waals surface area (Å²) in [6, 6.07) is 0.328. The number of thiophene rings is 1. The lowest BCUT2D eigenvalue weighted by molar-refractivity contribution is -0.139. The highest BCUT2D eigenvalue weighted by molar-refractivity contribution is 7.10. The summed E-state index contributed by atoms with van der Waals surface area (Å²) in [6.45, 7) is 2.01. The Bertz CT molecular complexity index is 419. The minimum Gasteiger partial charge on any atom is -0.480 e. The van der Waals surface area contributed by atoms with E-state index in [1.807, 2.05) is 18.4 Å². The van der Waals surface area contributed by atoms with Crippen LogP contribution in [0.25, 0.3) is 0 Å². The Kier molecular flexibility index (Phi) is 5.60. The normalized spacial score (nSPS) is 11.9. The number of urea groups is 1. The number of carboxylic acids is 1. The molecular formula is C11H16N2O4S. The summed E-state index contributed by atoms with van der Waals surface area (Å²) in [7, 11) is 0. The molecule has 1 rings (SSSR count). The van der Waals surface area contributed by atoms with E-state index in [2.05, 4.69) is 10.6 Å². The summed E-state index contributed by atoms with van der Waals surface area (Å²) in [5.41, 5.74) is 1.09. The van der Waals surface area contributed by atoms with Crippen LogP contribution in [-0.4, -0.2) is 34.9 Å². The Labute approximate surface area is 109 Å². The van der Waals surface area contributed by atoms with E-state index >= 15 is 0 Å². The second-order valence-electron chi connectivity index (χ2n) is 3.76. The molecule has 0 spiro atoms. The van der Waals surface area contributed by atoms with Crippen molar-refractivity contribution < 1.29 is 19.8 Å². The summed E-state index contributed by atoms with van der Waals surface area (Å²) < 4.78 is 0. The maximum absolute atomic E-state index is 11.5. The molecule has 18 heavy (non-hydrogen) atoms. The predicted molar refractivity (Wildman–Crippen MR) is 67.6 cm³/mol. The molecule has 0 aliphatic heterocycles. The minimum absolute atomic E-state index is 0.0131. The van der Waals surface area contributed by atoms with Gasteiger partial charge in [0.2, 0.25) is 0 Å². The van der Waals surface area contributed by atoms with Crippen LogP contribution in [0.2, 0.25) is 0 Å². The van der Waals surface area contributed by atoms with Crippen LogP contribution in [0.1, 0.15) is 16.9 Å². The summed E-state index contributed by atoms with van der Waals surface area (Å²) in [5, 5.41) is 24.3. The fraction of sp³-hybridized carbons (Fsp3) is 0.455. The van der Waals surface area contributed by atoms with E-state index in [0.717, 1.165) is 10.4 Å². The van der Waals surface area contributed by atoms with Gasteiger partial charge in [0.05, 0.1) is 6.54 Å². The number of hydrogen-bond donors (Lipinski definition) is 4. The summed E-state index contributed by atoms with van der Waals surface area (Å²) >= 11 is 1.53. The first-order chi connectivity index (χ1) is 8.54. The van der Waals surface area contributed by atoms with Crippen molar-refractivity contribution in [1.29, 1.82) is 0 Å². The first kappa shape index (κ1) is 14.5. The molecule has 0 aliphatic carbocycles. The minimum atomic E-state index is -1.16. The smallest absolute Gasteiger partial charge is 0.326 e. The van der Waals surface area contributed by atoms with Gasteiger partial charge in [-0.25, -0.2) is 9.59 Å². The van der Waals surface area contributed by atoms with Gasteiger partial charge >= 0.3 is 12.0 Å². The molecule has 1 aromatic heterocycles.